The zero-order chi connectivity index (χ0) is 12.3. The van der Waals surface area contributed by atoms with Crippen LogP contribution >= 0.6 is 0 Å². The molecule has 0 radical (unpaired) electrons. The molecule has 1 aliphatic rings. The molecular weight excluding hydrogens is 244 g/mol. The Hall–Kier alpha value is -1.02. The number of aliphatic hydroxyl groups excluding tert-OH is 1. The van der Waals surface area contributed by atoms with Crippen LogP contribution in [0.1, 0.15) is 12.0 Å². The topological polar surface area (TPSA) is 88.5 Å². The standard InChI is InChI=1S/C10H14N2O4S/c13-6-8-1-2-10(11-5-8)17(14,15)12-9-3-4-16-7-9/h1-2,5,9,12-13H,3-4,6-7H2. The highest BCUT2D eigenvalue weighted by molar-refractivity contribution is 7.89. The van der Waals surface area contributed by atoms with Crippen LogP contribution in [0.4, 0.5) is 0 Å². The van der Waals surface area contributed by atoms with E-state index in [2.05, 4.69) is 9.71 Å². The van der Waals surface area contributed by atoms with Gasteiger partial charge in [0.25, 0.3) is 10.0 Å². The second kappa shape index (κ2) is 5.09. The summed E-state index contributed by atoms with van der Waals surface area (Å²) in [4.78, 5) is 3.81. The Kier molecular flexibility index (Phi) is 3.72. The molecule has 0 saturated carbocycles. The Balaban J connectivity index is 2.12. The first-order valence-corrected chi connectivity index (χ1v) is 6.76. The Bertz CT molecular complexity index is 466. The SMILES string of the molecule is O=S(=O)(NC1CCOC1)c1ccc(CO)cn1. The van der Waals surface area contributed by atoms with Crippen molar-refractivity contribution in [1.29, 1.82) is 0 Å². The number of hydrogen-bond donors (Lipinski definition) is 2. The van der Waals surface area contributed by atoms with Gasteiger partial charge in [0.05, 0.1) is 13.2 Å². The number of ether oxygens (including phenoxy) is 1. The van der Waals surface area contributed by atoms with Crippen molar-refractivity contribution >= 4 is 10.0 Å². The van der Waals surface area contributed by atoms with Gasteiger partial charge in [-0.25, -0.2) is 18.1 Å². The van der Waals surface area contributed by atoms with Crippen molar-refractivity contribution < 1.29 is 18.3 Å². The lowest BCUT2D eigenvalue weighted by atomic mass is 10.3. The highest BCUT2D eigenvalue weighted by atomic mass is 32.2. The largest absolute Gasteiger partial charge is 0.392 e. The van der Waals surface area contributed by atoms with Crippen molar-refractivity contribution in [2.75, 3.05) is 13.2 Å². The number of pyridine rings is 1. The van der Waals surface area contributed by atoms with E-state index >= 15 is 0 Å². The van der Waals surface area contributed by atoms with Gasteiger partial charge in [-0.3, -0.25) is 0 Å². The number of aliphatic hydroxyl groups is 1. The van der Waals surface area contributed by atoms with Crippen LogP contribution < -0.4 is 4.72 Å². The molecule has 7 heteroatoms. The van der Waals surface area contributed by atoms with Gasteiger partial charge >= 0.3 is 0 Å². The highest BCUT2D eigenvalue weighted by Gasteiger charge is 2.24. The molecule has 1 aromatic rings. The zero-order valence-corrected chi connectivity index (χ0v) is 9.98. The van der Waals surface area contributed by atoms with Crippen molar-refractivity contribution in [2.45, 2.75) is 24.1 Å². The maximum absolute atomic E-state index is 11.9. The molecule has 94 valence electrons. The fraction of sp³-hybridized carbons (Fsp3) is 0.500. The summed E-state index contributed by atoms with van der Waals surface area (Å²) in [7, 11) is -3.59. The van der Waals surface area contributed by atoms with Crippen LogP contribution in [0, 0.1) is 0 Å². The van der Waals surface area contributed by atoms with Crippen LogP contribution in [-0.2, 0) is 21.4 Å². The van der Waals surface area contributed by atoms with Crippen molar-refractivity contribution in [3.05, 3.63) is 23.9 Å². The highest BCUT2D eigenvalue weighted by Crippen LogP contribution is 2.11. The maximum Gasteiger partial charge on any atom is 0.258 e. The van der Waals surface area contributed by atoms with Crippen molar-refractivity contribution in [1.82, 2.24) is 9.71 Å². The van der Waals surface area contributed by atoms with Crippen LogP contribution in [0.2, 0.25) is 0 Å². The zero-order valence-electron chi connectivity index (χ0n) is 9.17. The monoisotopic (exact) mass is 258 g/mol. The van der Waals surface area contributed by atoms with E-state index in [4.69, 9.17) is 9.84 Å². The Morgan fingerprint density at radius 3 is 2.88 bits per heavy atom. The fourth-order valence-electron chi connectivity index (χ4n) is 1.57. The summed E-state index contributed by atoms with van der Waals surface area (Å²) in [6.45, 7) is 0.815. The first kappa shape index (κ1) is 12.4. The lowest BCUT2D eigenvalue weighted by molar-refractivity contribution is 0.192. The summed E-state index contributed by atoms with van der Waals surface area (Å²) in [5.74, 6) is 0. The molecule has 0 bridgehead atoms. The molecule has 0 amide bonds. The summed E-state index contributed by atoms with van der Waals surface area (Å²) in [5.41, 5.74) is 0.577. The van der Waals surface area contributed by atoms with Crippen LogP contribution in [0.3, 0.4) is 0 Å². The summed E-state index contributed by atoms with van der Waals surface area (Å²) in [6.07, 6.45) is 2.02. The Morgan fingerprint density at radius 1 is 1.53 bits per heavy atom. The van der Waals surface area contributed by atoms with Gasteiger partial charge in [0, 0.05) is 18.8 Å². The van der Waals surface area contributed by atoms with E-state index in [9.17, 15) is 8.42 Å². The van der Waals surface area contributed by atoms with E-state index in [0.29, 0.717) is 25.2 Å². The van der Waals surface area contributed by atoms with Gasteiger partial charge in [-0.1, -0.05) is 6.07 Å². The molecule has 2 rings (SSSR count). The lowest BCUT2D eigenvalue weighted by Gasteiger charge is -2.10. The average molecular weight is 258 g/mol. The molecule has 1 aromatic heterocycles. The maximum atomic E-state index is 11.9. The van der Waals surface area contributed by atoms with Crippen LogP contribution in [0.15, 0.2) is 23.4 Å². The van der Waals surface area contributed by atoms with E-state index in [1.54, 1.807) is 0 Å². The van der Waals surface area contributed by atoms with E-state index in [-0.39, 0.29) is 17.7 Å². The van der Waals surface area contributed by atoms with Gasteiger partial charge in [-0.15, -0.1) is 0 Å². The first-order valence-electron chi connectivity index (χ1n) is 5.28. The molecule has 1 aliphatic heterocycles. The van der Waals surface area contributed by atoms with Crippen molar-refractivity contribution in [2.24, 2.45) is 0 Å². The molecule has 1 fully saturated rings. The number of aromatic nitrogens is 1. The number of nitrogens with one attached hydrogen (secondary N) is 1. The second-order valence-corrected chi connectivity index (χ2v) is 5.51. The molecule has 2 heterocycles. The molecule has 0 aromatic carbocycles. The summed E-state index contributed by atoms with van der Waals surface area (Å²) in [5, 5.41) is 8.80. The molecule has 6 nitrogen and oxygen atoms in total. The molecule has 17 heavy (non-hydrogen) atoms. The van der Waals surface area contributed by atoms with Gasteiger partial charge in [0.1, 0.15) is 0 Å². The summed E-state index contributed by atoms with van der Waals surface area (Å²) in [6, 6.07) is 2.73. The molecule has 0 aliphatic carbocycles. The number of rotatable bonds is 4. The average Bonchev–Trinajstić information content (AvgIpc) is 2.81. The predicted octanol–water partition coefficient (Wildman–Crippen LogP) is -0.359. The third kappa shape index (κ3) is 3.01. The quantitative estimate of drug-likeness (QED) is 0.770. The minimum Gasteiger partial charge on any atom is -0.392 e. The Morgan fingerprint density at radius 2 is 2.35 bits per heavy atom. The molecule has 0 spiro atoms. The number of sulfonamides is 1. The minimum atomic E-state index is -3.59. The fourth-order valence-corrected chi connectivity index (χ4v) is 2.75. The third-order valence-corrected chi connectivity index (χ3v) is 3.94. The third-order valence-electron chi connectivity index (χ3n) is 2.51. The normalized spacial score (nSPS) is 20.6. The molecule has 1 unspecified atom stereocenters. The van der Waals surface area contributed by atoms with E-state index in [0.717, 1.165) is 0 Å². The first-order chi connectivity index (χ1) is 8.12. The number of hydrogen-bond acceptors (Lipinski definition) is 5. The van der Waals surface area contributed by atoms with Crippen molar-refractivity contribution in [3.8, 4) is 0 Å². The van der Waals surface area contributed by atoms with Crippen molar-refractivity contribution in [3.63, 3.8) is 0 Å². The second-order valence-electron chi connectivity index (χ2n) is 3.84. The molecular formula is C10H14N2O4S. The predicted molar refractivity (Wildman–Crippen MR) is 59.7 cm³/mol. The van der Waals surface area contributed by atoms with Gasteiger partial charge in [0.2, 0.25) is 0 Å². The van der Waals surface area contributed by atoms with Gasteiger partial charge in [-0.2, -0.15) is 0 Å². The smallest absolute Gasteiger partial charge is 0.258 e. The van der Waals surface area contributed by atoms with E-state index in [1.165, 1.54) is 18.3 Å². The molecule has 2 N–H and O–H groups in total. The summed E-state index contributed by atoms with van der Waals surface area (Å²) < 4.78 is 31.4. The van der Waals surface area contributed by atoms with Gasteiger partial charge in [-0.05, 0) is 18.1 Å². The molecule has 1 saturated heterocycles. The Labute approximate surface area is 99.7 Å². The van der Waals surface area contributed by atoms with Gasteiger partial charge < -0.3 is 9.84 Å². The van der Waals surface area contributed by atoms with Crippen LogP contribution in [0.25, 0.3) is 0 Å². The summed E-state index contributed by atoms with van der Waals surface area (Å²) >= 11 is 0. The van der Waals surface area contributed by atoms with E-state index < -0.39 is 10.0 Å². The minimum absolute atomic E-state index is 0.0402. The molecule has 1 atom stereocenters. The van der Waals surface area contributed by atoms with Crippen LogP contribution in [-0.4, -0.2) is 37.8 Å². The van der Waals surface area contributed by atoms with E-state index in [1.807, 2.05) is 0 Å². The lowest BCUT2D eigenvalue weighted by Crippen LogP contribution is -2.35. The number of nitrogens with zero attached hydrogens (tertiary/aromatic N) is 1. The van der Waals surface area contributed by atoms with Crippen LogP contribution in [0.5, 0.6) is 0 Å². The van der Waals surface area contributed by atoms with Gasteiger partial charge in [0.15, 0.2) is 5.03 Å².